The third-order valence-electron chi connectivity index (χ3n) is 8.36. The van der Waals surface area contributed by atoms with Gasteiger partial charge in [-0.25, -0.2) is 18.7 Å². The number of halogens is 4. The average Bonchev–Trinajstić information content (AvgIpc) is 3.47. The summed E-state index contributed by atoms with van der Waals surface area (Å²) in [5.41, 5.74) is 7.79. The normalized spacial score (nSPS) is 21.2. The molecule has 1 amide bonds. The predicted octanol–water partition coefficient (Wildman–Crippen LogP) is 6.29. The van der Waals surface area contributed by atoms with Crippen molar-refractivity contribution in [3.05, 3.63) is 77.5 Å². The van der Waals surface area contributed by atoms with Gasteiger partial charge in [0.1, 0.15) is 11.4 Å². The first-order valence-electron chi connectivity index (χ1n) is 13.4. The van der Waals surface area contributed by atoms with E-state index in [-0.39, 0.29) is 35.9 Å². The van der Waals surface area contributed by atoms with Gasteiger partial charge in [0, 0.05) is 53.1 Å². The zero-order chi connectivity index (χ0) is 29.1. The van der Waals surface area contributed by atoms with Gasteiger partial charge in [0.05, 0.1) is 6.04 Å². The lowest BCUT2D eigenvalue weighted by Crippen LogP contribution is -2.37. The van der Waals surface area contributed by atoms with Crippen LogP contribution in [0.2, 0.25) is 0 Å². The molecule has 41 heavy (non-hydrogen) atoms. The van der Waals surface area contributed by atoms with Gasteiger partial charge in [0.25, 0.3) is 0 Å². The molecule has 4 aromatic rings. The van der Waals surface area contributed by atoms with Crippen LogP contribution in [-0.4, -0.2) is 38.1 Å². The van der Waals surface area contributed by atoms with Crippen LogP contribution < -0.4 is 10.5 Å². The van der Waals surface area contributed by atoms with Gasteiger partial charge in [-0.2, -0.15) is 8.78 Å². The second-order valence-corrected chi connectivity index (χ2v) is 11.0. The van der Waals surface area contributed by atoms with E-state index < -0.39 is 42.9 Å². The lowest BCUT2D eigenvalue weighted by molar-refractivity contribution is -0.110. The molecule has 2 aliphatic rings. The van der Waals surface area contributed by atoms with Gasteiger partial charge in [0.2, 0.25) is 11.8 Å². The van der Waals surface area contributed by atoms with E-state index in [2.05, 4.69) is 9.97 Å². The number of carbonyl (C=O) groups is 1. The minimum Gasteiger partial charge on any atom is -0.434 e. The Hall–Kier alpha value is -3.99. The van der Waals surface area contributed by atoms with E-state index in [4.69, 9.17) is 10.5 Å². The third-order valence-corrected chi connectivity index (χ3v) is 8.36. The number of nitrogens with two attached hydrogens (primary N) is 1. The Kier molecular flexibility index (Phi) is 6.52. The summed E-state index contributed by atoms with van der Waals surface area (Å²) in [6, 6.07) is 11.7. The van der Waals surface area contributed by atoms with Gasteiger partial charge in [-0.15, -0.1) is 0 Å². The largest absolute Gasteiger partial charge is 0.434 e. The number of carbonyl (C=O) groups excluding carboxylic acids is 1. The maximum Gasteiger partial charge on any atom is 0.387 e. The molecule has 1 aliphatic heterocycles. The Morgan fingerprint density at radius 1 is 1.07 bits per heavy atom. The van der Waals surface area contributed by atoms with Crippen molar-refractivity contribution >= 4 is 16.8 Å². The van der Waals surface area contributed by atoms with E-state index in [1.807, 2.05) is 35.8 Å². The van der Waals surface area contributed by atoms with Crippen LogP contribution in [0.15, 0.2) is 54.9 Å². The van der Waals surface area contributed by atoms with Crippen molar-refractivity contribution in [2.24, 2.45) is 5.73 Å². The van der Waals surface area contributed by atoms with Crippen molar-refractivity contribution < 1.29 is 32.2 Å². The molecule has 0 bridgehead atoms. The monoisotopic (exact) mass is 568 g/mol. The molecule has 214 valence electrons. The Bertz CT molecular complexity index is 1630. The van der Waals surface area contributed by atoms with Crippen molar-refractivity contribution in [2.45, 2.75) is 69.1 Å². The van der Waals surface area contributed by atoms with Crippen molar-refractivity contribution in [3.8, 4) is 16.9 Å². The second-order valence-electron chi connectivity index (χ2n) is 11.0. The first-order chi connectivity index (χ1) is 19.5. The molecule has 1 unspecified atom stereocenters. The van der Waals surface area contributed by atoms with Crippen LogP contribution >= 0.6 is 0 Å². The van der Waals surface area contributed by atoms with Crippen LogP contribution in [-0.2, 0) is 5.60 Å². The predicted molar refractivity (Wildman–Crippen MR) is 143 cm³/mol. The van der Waals surface area contributed by atoms with Gasteiger partial charge in [-0.1, -0.05) is 25.1 Å². The topological polar surface area (TPSA) is 103 Å². The van der Waals surface area contributed by atoms with E-state index in [0.29, 0.717) is 17.5 Å². The van der Waals surface area contributed by atoms with Crippen molar-refractivity contribution in [2.75, 3.05) is 0 Å². The molecule has 1 fully saturated rings. The van der Waals surface area contributed by atoms with E-state index in [1.54, 1.807) is 12.4 Å². The lowest BCUT2D eigenvalue weighted by atomic mass is 9.82. The fourth-order valence-electron chi connectivity index (χ4n) is 6.23. The first-order valence-corrected chi connectivity index (χ1v) is 13.4. The summed E-state index contributed by atoms with van der Waals surface area (Å²) in [5, 5.41) is 11.8. The number of primary amides is 1. The number of hydrogen-bond donors (Lipinski definition) is 2. The molecule has 6 rings (SSSR count). The van der Waals surface area contributed by atoms with Crippen LogP contribution in [0, 0.1) is 0 Å². The number of hydrogen-bond acceptors (Lipinski definition) is 5. The Morgan fingerprint density at radius 2 is 1.78 bits per heavy atom. The number of alkyl halides is 4. The summed E-state index contributed by atoms with van der Waals surface area (Å²) < 4.78 is 60.8. The van der Waals surface area contributed by atoms with E-state index >= 15 is 0 Å². The van der Waals surface area contributed by atoms with Crippen LogP contribution in [0.4, 0.5) is 17.6 Å². The smallest absolute Gasteiger partial charge is 0.387 e. The minimum absolute atomic E-state index is 0.0578. The number of nitrogens with zero attached hydrogens (tertiary/aromatic N) is 3. The highest BCUT2D eigenvalue weighted by Gasteiger charge is 2.45. The molecule has 0 radical (unpaired) electrons. The molecule has 0 saturated heterocycles. The minimum atomic E-state index is -3.07. The van der Waals surface area contributed by atoms with Crippen LogP contribution in [0.5, 0.6) is 5.75 Å². The molecule has 7 nitrogen and oxygen atoms in total. The maximum atomic E-state index is 13.6. The van der Waals surface area contributed by atoms with E-state index in [9.17, 15) is 27.5 Å². The quantitative estimate of drug-likeness (QED) is 0.266. The molecule has 3 heterocycles. The van der Waals surface area contributed by atoms with Crippen LogP contribution in [0.3, 0.4) is 0 Å². The summed E-state index contributed by atoms with van der Waals surface area (Å²) in [6.45, 7) is -1.04. The molecule has 0 spiro atoms. The first kappa shape index (κ1) is 27.2. The molecule has 2 aromatic heterocycles. The summed E-state index contributed by atoms with van der Waals surface area (Å²) in [5.74, 6) is -3.45. The molecular weight excluding hydrogens is 540 g/mol. The fourth-order valence-corrected chi connectivity index (χ4v) is 6.23. The van der Waals surface area contributed by atoms with Gasteiger partial charge < -0.3 is 20.1 Å². The number of aromatic nitrogens is 3. The highest BCUT2D eigenvalue weighted by atomic mass is 19.3. The number of amides is 1. The van der Waals surface area contributed by atoms with Gasteiger partial charge in [-0.3, -0.25) is 4.79 Å². The van der Waals surface area contributed by atoms with Crippen LogP contribution in [0.1, 0.15) is 78.4 Å². The van der Waals surface area contributed by atoms with Gasteiger partial charge in [0.15, 0.2) is 5.82 Å². The zero-order valence-electron chi connectivity index (χ0n) is 22.2. The van der Waals surface area contributed by atoms with Crippen molar-refractivity contribution in [3.63, 3.8) is 0 Å². The molecular formula is C30H28F4N4O3. The van der Waals surface area contributed by atoms with E-state index in [1.165, 1.54) is 18.2 Å². The summed E-state index contributed by atoms with van der Waals surface area (Å²) in [7, 11) is 0. The molecule has 3 N–H and O–H groups in total. The number of benzene rings is 2. The summed E-state index contributed by atoms with van der Waals surface area (Å²) in [6.07, 6.45) is 2.57. The Balaban J connectivity index is 1.40. The number of rotatable bonds is 6. The van der Waals surface area contributed by atoms with Gasteiger partial charge >= 0.3 is 6.61 Å². The molecule has 2 atom stereocenters. The summed E-state index contributed by atoms with van der Waals surface area (Å²) >= 11 is 0. The highest BCUT2D eigenvalue weighted by Crippen LogP contribution is 2.48. The highest BCUT2D eigenvalue weighted by molar-refractivity contribution is 5.95. The average molecular weight is 569 g/mol. The number of ether oxygens (including phenoxy) is 1. The maximum absolute atomic E-state index is 13.6. The third kappa shape index (κ3) is 4.81. The number of aliphatic hydroxyl groups is 1. The van der Waals surface area contributed by atoms with Gasteiger partial charge in [-0.05, 0) is 60.4 Å². The number of fused-ring (bicyclic) bond motifs is 3. The second kappa shape index (κ2) is 9.83. The molecule has 2 aromatic carbocycles. The standard InChI is InChI=1S/C30H28F4N4O3/c1-16-11-23(25-20(26(35)39)3-2-4-24(25)41-28(31)32)38-21(16)13-18-6-5-17(12-22(18)38)19-14-36-27(37-15-19)29(40)7-9-30(33,34)10-8-29/h2-6,12-16,23,28,40H,7-11H2,1H3,(H2,35,39)/t16-,23?/m0/s1. The lowest BCUT2D eigenvalue weighted by Gasteiger charge is -2.34. The molecule has 1 aliphatic carbocycles. The SMILES string of the molecule is C[C@H]1CC(c2c(OC(F)F)cccc2C(N)=O)n2c1cc1ccc(-c3cnc(C4(O)CCC(F)(F)CC4)nc3)cc12. The molecule has 1 saturated carbocycles. The van der Waals surface area contributed by atoms with Crippen molar-refractivity contribution in [1.82, 2.24) is 14.5 Å². The van der Waals surface area contributed by atoms with E-state index in [0.717, 1.165) is 22.2 Å². The molecule has 11 heteroatoms. The zero-order valence-corrected chi connectivity index (χ0v) is 22.2. The fraction of sp³-hybridized carbons (Fsp3) is 0.367. The summed E-state index contributed by atoms with van der Waals surface area (Å²) in [4.78, 5) is 21.0. The Morgan fingerprint density at radius 3 is 2.44 bits per heavy atom. The Labute approximate surface area is 233 Å². The van der Waals surface area contributed by atoms with Crippen molar-refractivity contribution in [1.29, 1.82) is 0 Å². The van der Waals surface area contributed by atoms with Crippen LogP contribution in [0.25, 0.3) is 22.0 Å².